The van der Waals surface area contributed by atoms with E-state index in [2.05, 4.69) is 19.0 Å². The summed E-state index contributed by atoms with van der Waals surface area (Å²) in [5.41, 5.74) is 0. The summed E-state index contributed by atoms with van der Waals surface area (Å²) >= 11 is 0. The molecule has 0 radical (unpaired) electrons. The molecule has 0 spiro atoms. The van der Waals surface area contributed by atoms with Crippen LogP contribution in [0.15, 0.2) is 0 Å². The number of hydrogen-bond donors (Lipinski definition) is 1. The number of likely N-dealkylation sites (tertiary alicyclic amines) is 2. The highest BCUT2D eigenvalue weighted by atomic mass is 15.1. The van der Waals surface area contributed by atoms with E-state index in [1.54, 1.807) is 4.90 Å². The van der Waals surface area contributed by atoms with Gasteiger partial charge in [0.1, 0.15) is 0 Å². The van der Waals surface area contributed by atoms with Crippen molar-refractivity contribution in [2.75, 3.05) is 40.3 Å². The molecule has 0 aromatic carbocycles. The number of rotatable bonds is 1. The molecule has 0 unspecified atom stereocenters. The van der Waals surface area contributed by atoms with Crippen molar-refractivity contribution in [3.8, 4) is 0 Å². The highest BCUT2D eigenvalue weighted by Crippen LogP contribution is 2.29. The maximum atomic E-state index is 2.48. The Morgan fingerprint density at radius 1 is 0.929 bits per heavy atom. The minimum absolute atomic E-state index is 1.05. The first kappa shape index (κ1) is 10.4. The van der Waals surface area contributed by atoms with Gasteiger partial charge < -0.3 is 9.80 Å². The SMILES string of the molecule is CN1CCC(C2CC[NH+](C)CC2)CC1. The van der Waals surface area contributed by atoms with Crippen LogP contribution in [-0.2, 0) is 0 Å². The van der Waals surface area contributed by atoms with E-state index in [0.29, 0.717) is 0 Å². The van der Waals surface area contributed by atoms with Gasteiger partial charge in [-0.2, -0.15) is 0 Å². The molecule has 2 heterocycles. The van der Waals surface area contributed by atoms with Crippen molar-refractivity contribution in [2.45, 2.75) is 25.7 Å². The molecule has 2 heteroatoms. The monoisotopic (exact) mass is 197 g/mol. The number of nitrogens with one attached hydrogen (secondary N) is 1. The topological polar surface area (TPSA) is 7.68 Å². The highest BCUT2D eigenvalue weighted by Gasteiger charge is 2.29. The van der Waals surface area contributed by atoms with Crippen molar-refractivity contribution >= 4 is 0 Å². The lowest BCUT2D eigenvalue weighted by molar-refractivity contribution is -0.886. The highest BCUT2D eigenvalue weighted by molar-refractivity contribution is 4.77. The van der Waals surface area contributed by atoms with Gasteiger partial charge in [0.2, 0.25) is 0 Å². The summed E-state index contributed by atoms with van der Waals surface area (Å²) in [6.45, 7) is 5.50. The third-order valence-electron chi connectivity index (χ3n) is 4.31. The minimum atomic E-state index is 1.05. The fourth-order valence-electron chi connectivity index (χ4n) is 3.10. The van der Waals surface area contributed by atoms with E-state index < -0.39 is 0 Å². The Balaban J connectivity index is 1.78. The van der Waals surface area contributed by atoms with Gasteiger partial charge in [-0.25, -0.2) is 0 Å². The van der Waals surface area contributed by atoms with Gasteiger partial charge in [0, 0.05) is 0 Å². The van der Waals surface area contributed by atoms with Crippen LogP contribution in [0.2, 0.25) is 0 Å². The Morgan fingerprint density at radius 3 is 2.00 bits per heavy atom. The Labute approximate surface area is 88.3 Å². The van der Waals surface area contributed by atoms with Crippen LogP contribution in [0.25, 0.3) is 0 Å². The number of nitrogens with zero attached hydrogens (tertiary/aromatic N) is 1. The first-order valence-electron chi connectivity index (χ1n) is 6.25. The summed E-state index contributed by atoms with van der Waals surface area (Å²) in [6, 6.07) is 0. The molecule has 0 atom stereocenters. The van der Waals surface area contributed by atoms with E-state index in [-0.39, 0.29) is 0 Å². The molecule has 0 saturated carbocycles. The van der Waals surface area contributed by atoms with Crippen molar-refractivity contribution < 1.29 is 4.90 Å². The molecule has 2 saturated heterocycles. The lowest BCUT2D eigenvalue weighted by Gasteiger charge is -2.37. The van der Waals surface area contributed by atoms with Crippen LogP contribution in [-0.4, -0.2) is 45.2 Å². The molecule has 0 amide bonds. The molecule has 2 fully saturated rings. The summed E-state index contributed by atoms with van der Waals surface area (Å²) in [4.78, 5) is 4.23. The first-order valence-corrected chi connectivity index (χ1v) is 6.25. The zero-order valence-electron chi connectivity index (χ0n) is 9.76. The molecule has 82 valence electrons. The van der Waals surface area contributed by atoms with E-state index >= 15 is 0 Å². The molecule has 1 N–H and O–H groups in total. The molecular formula is C12H25N2+. The van der Waals surface area contributed by atoms with Gasteiger partial charge >= 0.3 is 0 Å². The minimum Gasteiger partial charge on any atom is -0.337 e. The second kappa shape index (κ2) is 4.63. The molecule has 0 aromatic rings. The molecule has 2 rings (SSSR count). The maximum absolute atomic E-state index is 2.48. The van der Waals surface area contributed by atoms with Gasteiger partial charge in [0.25, 0.3) is 0 Å². The Kier molecular flexibility index (Phi) is 3.45. The van der Waals surface area contributed by atoms with E-state index in [0.717, 1.165) is 11.8 Å². The number of quaternary nitrogens is 1. The summed E-state index contributed by atoms with van der Waals surface area (Å²) in [5.74, 6) is 2.12. The summed E-state index contributed by atoms with van der Waals surface area (Å²) in [7, 11) is 4.60. The predicted octanol–water partition coefficient (Wildman–Crippen LogP) is 0.253. The van der Waals surface area contributed by atoms with E-state index in [1.807, 2.05) is 0 Å². The third-order valence-corrected chi connectivity index (χ3v) is 4.31. The standard InChI is InChI=1S/C12H24N2/c1-13-7-3-11(4-8-13)12-5-9-14(2)10-6-12/h11-12H,3-10H2,1-2H3/p+1. The van der Waals surface area contributed by atoms with Gasteiger partial charge in [-0.3, -0.25) is 0 Å². The van der Waals surface area contributed by atoms with Crippen LogP contribution in [0.3, 0.4) is 0 Å². The molecule has 2 aliphatic rings. The molecule has 14 heavy (non-hydrogen) atoms. The second-order valence-electron chi connectivity index (χ2n) is 5.44. The quantitative estimate of drug-likeness (QED) is 0.633. The van der Waals surface area contributed by atoms with Crippen LogP contribution in [0.1, 0.15) is 25.7 Å². The first-order chi connectivity index (χ1) is 6.75. The van der Waals surface area contributed by atoms with E-state index in [1.165, 1.54) is 51.9 Å². The van der Waals surface area contributed by atoms with Crippen molar-refractivity contribution in [3.63, 3.8) is 0 Å². The lowest BCUT2D eigenvalue weighted by atomic mass is 9.79. The van der Waals surface area contributed by atoms with E-state index in [4.69, 9.17) is 0 Å². The van der Waals surface area contributed by atoms with Crippen LogP contribution in [0.4, 0.5) is 0 Å². The third kappa shape index (κ3) is 2.48. The van der Waals surface area contributed by atoms with Crippen LogP contribution in [0, 0.1) is 11.8 Å². The maximum Gasteiger partial charge on any atom is 0.0771 e. The zero-order chi connectivity index (χ0) is 9.97. The van der Waals surface area contributed by atoms with Crippen LogP contribution >= 0.6 is 0 Å². The fraction of sp³-hybridized carbons (Fsp3) is 1.00. The second-order valence-corrected chi connectivity index (χ2v) is 5.44. The van der Waals surface area contributed by atoms with Gasteiger partial charge in [-0.15, -0.1) is 0 Å². The Bertz CT molecular complexity index is 145. The average molecular weight is 197 g/mol. The van der Waals surface area contributed by atoms with Crippen molar-refractivity contribution in [3.05, 3.63) is 0 Å². The molecule has 0 aliphatic carbocycles. The largest absolute Gasteiger partial charge is 0.337 e. The van der Waals surface area contributed by atoms with Gasteiger partial charge in [-0.05, 0) is 57.7 Å². The van der Waals surface area contributed by atoms with Gasteiger partial charge in [0.05, 0.1) is 20.1 Å². The number of piperidine rings is 2. The smallest absolute Gasteiger partial charge is 0.0771 e. The molecule has 0 bridgehead atoms. The van der Waals surface area contributed by atoms with Crippen molar-refractivity contribution in [1.82, 2.24) is 4.90 Å². The van der Waals surface area contributed by atoms with Gasteiger partial charge in [-0.1, -0.05) is 0 Å². The van der Waals surface area contributed by atoms with Crippen molar-refractivity contribution in [2.24, 2.45) is 11.8 Å². The van der Waals surface area contributed by atoms with Crippen molar-refractivity contribution in [1.29, 1.82) is 0 Å². The normalized spacial score (nSPS) is 37.3. The Hall–Kier alpha value is -0.0800. The molecule has 2 aliphatic heterocycles. The number of hydrogen-bond acceptors (Lipinski definition) is 1. The molecule has 0 aromatic heterocycles. The summed E-state index contributed by atoms with van der Waals surface area (Å²) in [5, 5.41) is 0. The predicted molar refractivity (Wildman–Crippen MR) is 59.6 cm³/mol. The van der Waals surface area contributed by atoms with Gasteiger partial charge in [0.15, 0.2) is 0 Å². The van der Waals surface area contributed by atoms with E-state index in [9.17, 15) is 0 Å². The lowest BCUT2D eigenvalue weighted by Crippen LogP contribution is -3.10. The zero-order valence-corrected chi connectivity index (χ0v) is 9.76. The van der Waals surface area contributed by atoms with Crippen LogP contribution < -0.4 is 4.90 Å². The summed E-state index contributed by atoms with van der Waals surface area (Å²) in [6.07, 6.45) is 5.89. The Morgan fingerprint density at radius 2 is 1.43 bits per heavy atom. The molecule has 2 nitrogen and oxygen atoms in total. The summed E-state index contributed by atoms with van der Waals surface area (Å²) < 4.78 is 0. The van der Waals surface area contributed by atoms with Crippen LogP contribution in [0.5, 0.6) is 0 Å². The molecular weight excluding hydrogens is 172 g/mol. The average Bonchev–Trinajstić information content (AvgIpc) is 2.21. The fourth-order valence-corrected chi connectivity index (χ4v) is 3.10.